The van der Waals surface area contributed by atoms with Crippen LogP contribution in [0.2, 0.25) is 0 Å². The van der Waals surface area contributed by atoms with E-state index in [0.717, 1.165) is 31.6 Å². The molecule has 112 valence electrons. The van der Waals surface area contributed by atoms with Crippen LogP contribution in [0.1, 0.15) is 32.1 Å². The number of ether oxygens (including phenoxy) is 1. The lowest BCUT2D eigenvalue weighted by Gasteiger charge is -2.30. The van der Waals surface area contributed by atoms with Gasteiger partial charge in [0.25, 0.3) is 0 Å². The van der Waals surface area contributed by atoms with Crippen LogP contribution in [0.5, 0.6) is 0 Å². The van der Waals surface area contributed by atoms with Crippen LogP contribution >= 0.6 is 0 Å². The number of amides is 2. The molecule has 3 rings (SSSR count). The number of hydrogen-bond acceptors (Lipinski definition) is 3. The van der Waals surface area contributed by atoms with Gasteiger partial charge >= 0.3 is 0 Å². The van der Waals surface area contributed by atoms with Crippen LogP contribution in [0.25, 0.3) is 0 Å². The zero-order valence-electron chi connectivity index (χ0n) is 12.0. The van der Waals surface area contributed by atoms with Crippen LogP contribution in [0, 0.1) is 0 Å². The molecule has 1 N–H and O–H groups in total. The van der Waals surface area contributed by atoms with Crippen molar-refractivity contribution in [1.29, 1.82) is 0 Å². The molecule has 5 heteroatoms. The molecule has 21 heavy (non-hydrogen) atoms. The molecule has 5 nitrogen and oxygen atoms in total. The van der Waals surface area contributed by atoms with Crippen LogP contribution < -0.4 is 10.2 Å². The quantitative estimate of drug-likeness (QED) is 0.928. The van der Waals surface area contributed by atoms with Gasteiger partial charge in [-0.05, 0) is 37.8 Å². The molecule has 1 aromatic carbocycles. The summed E-state index contributed by atoms with van der Waals surface area (Å²) in [5, 5.41) is 2.79. The lowest BCUT2D eigenvalue weighted by Crippen LogP contribution is -2.42. The smallest absolute Gasteiger partial charge is 0.244 e. The molecule has 0 radical (unpaired) electrons. The molecule has 2 heterocycles. The van der Waals surface area contributed by atoms with Crippen LogP contribution in [0.15, 0.2) is 24.3 Å². The number of nitrogens with one attached hydrogen (secondary N) is 1. The van der Waals surface area contributed by atoms with Gasteiger partial charge in [-0.2, -0.15) is 0 Å². The van der Waals surface area contributed by atoms with E-state index >= 15 is 0 Å². The van der Waals surface area contributed by atoms with Crippen LogP contribution in [0.3, 0.4) is 0 Å². The summed E-state index contributed by atoms with van der Waals surface area (Å²) in [6.45, 7) is 0.898. The Morgan fingerprint density at radius 3 is 3.00 bits per heavy atom. The van der Waals surface area contributed by atoms with E-state index in [-0.39, 0.29) is 24.5 Å². The monoisotopic (exact) mass is 288 g/mol. The first-order valence-electron chi connectivity index (χ1n) is 7.55. The first kappa shape index (κ1) is 14.1. The zero-order chi connectivity index (χ0) is 14.7. The molecule has 0 saturated carbocycles. The van der Waals surface area contributed by atoms with Gasteiger partial charge in [0.05, 0.1) is 17.5 Å². The second-order valence-corrected chi connectivity index (χ2v) is 5.57. The van der Waals surface area contributed by atoms with E-state index in [1.807, 2.05) is 24.3 Å². The number of carbonyl (C=O) groups is 2. The van der Waals surface area contributed by atoms with Crippen molar-refractivity contribution in [2.45, 2.75) is 38.2 Å². The SMILES string of the molecule is O=C1CN(C(=O)CCC2CCCCO2)c2ccccc2N1. The van der Waals surface area contributed by atoms with E-state index in [4.69, 9.17) is 4.74 Å². The number of benzene rings is 1. The summed E-state index contributed by atoms with van der Waals surface area (Å²) in [4.78, 5) is 25.7. The molecule has 0 bridgehead atoms. The molecule has 0 spiro atoms. The molecule has 2 amide bonds. The van der Waals surface area contributed by atoms with Gasteiger partial charge in [-0.15, -0.1) is 0 Å². The van der Waals surface area contributed by atoms with E-state index in [1.165, 1.54) is 6.42 Å². The summed E-state index contributed by atoms with van der Waals surface area (Å²) < 4.78 is 5.66. The van der Waals surface area contributed by atoms with Gasteiger partial charge in [0.15, 0.2) is 0 Å². The second-order valence-electron chi connectivity index (χ2n) is 5.57. The lowest BCUT2D eigenvalue weighted by atomic mass is 10.0. The average molecular weight is 288 g/mol. The highest BCUT2D eigenvalue weighted by molar-refractivity contribution is 6.09. The van der Waals surface area contributed by atoms with Crippen LogP contribution in [0.4, 0.5) is 11.4 Å². The van der Waals surface area contributed by atoms with Gasteiger partial charge in [-0.1, -0.05) is 12.1 Å². The largest absolute Gasteiger partial charge is 0.378 e. The van der Waals surface area contributed by atoms with Gasteiger partial charge in [0.2, 0.25) is 11.8 Å². The van der Waals surface area contributed by atoms with Gasteiger partial charge in [-0.25, -0.2) is 0 Å². The van der Waals surface area contributed by atoms with E-state index in [1.54, 1.807) is 4.90 Å². The predicted octanol–water partition coefficient (Wildman–Crippen LogP) is 2.32. The van der Waals surface area contributed by atoms with Gasteiger partial charge < -0.3 is 15.0 Å². The molecule has 2 aliphatic rings. The Labute approximate surface area is 124 Å². The fourth-order valence-corrected chi connectivity index (χ4v) is 2.91. The minimum atomic E-state index is -0.143. The second kappa shape index (κ2) is 6.26. The molecule has 1 aromatic rings. The van der Waals surface area contributed by atoms with Crippen molar-refractivity contribution in [2.75, 3.05) is 23.4 Å². The van der Waals surface area contributed by atoms with Gasteiger partial charge in [-0.3, -0.25) is 9.59 Å². The molecule has 0 aliphatic carbocycles. The van der Waals surface area contributed by atoms with Crippen LogP contribution in [-0.2, 0) is 14.3 Å². The summed E-state index contributed by atoms with van der Waals surface area (Å²) in [7, 11) is 0. The summed E-state index contributed by atoms with van der Waals surface area (Å²) in [6, 6.07) is 7.41. The lowest BCUT2D eigenvalue weighted by molar-refractivity contribution is -0.122. The van der Waals surface area contributed by atoms with Gasteiger partial charge in [0.1, 0.15) is 6.54 Å². The minimum Gasteiger partial charge on any atom is -0.378 e. The summed E-state index contributed by atoms with van der Waals surface area (Å²) >= 11 is 0. The van der Waals surface area contributed by atoms with E-state index < -0.39 is 0 Å². The number of carbonyl (C=O) groups excluding carboxylic acids is 2. The maximum Gasteiger partial charge on any atom is 0.244 e. The van der Waals surface area contributed by atoms with Crippen molar-refractivity contribution in [3.05, 3.63) is 24.3 Å². The zero-order valence-corrected chi connectivity index (χ0v) is 12.0. The fraction of sp³-hybridized carbons (Fsp3) is 0.500. The Morgan fingerprint density at radius 2 is 2.19 bits per heavy atom. The Hall–Kier alpha value is -1.88. The van der Waals surface area contributed by atoms with Crippen molar-refractivity contribution in [3.8, 4) is 0 Å². The van der Waals surface area contributed by atoms with Crippen molar-refractivity contribution in [1.82, 2.24) is 0 Å². The molecule has 1 saturated heterocycles. The number of fused-ring (bicyclic) bond motifs is 1. The maximum atomic E-state index is 12.4. The third kappa shape index (κ3) is 3.24. The highest BCUT2D eigenvalue weighted by atomic mass is 16.5. The normalized spacial score (nSPS) is 21.6. The highest BCUT2D eigenvalue weighted by Crippen LogP contribution is 2.29. The number of nitrogens with zero attached hydrogens (tertiary/aromatic N) is 1. The molecule has 1 atom stereocenters. The average Bonchev–Trinajstić information content (AvgIpc) is 2.52. The topological polar surface area (TPSA) is 58.6 Å². The summed E-state index contributed by atoms with van der Waals surface area (Å²) in [6.07, 6.45) is 4.67. The van der Waals surface area contributed by atoms with Gasteiger partial charge in [0, 0.05) is 13.0 Å². The number of para-hydroxylation sites is 2. The van der Waals surface area contributed by atoms with E-state index in [0.29, 0.717) is 12.1 Å². The molecular weight excluding hydrogens is 268 g/mol. The molecular formula is C16H20N2O3. The number of hydrogen-bond donors (Lipinski definition) is 1. The molecule has 1 fully saturated rings. The van der Waals surface area contributed by atoms with E-state index in [2.05, 4.69) is 5.32 Å². The highest BCUT2D eigenvalue weighted by Gasteiger charge is 2.27. The third-order valence-electron chi connectivity index (χ3n) is 4.03. The summed E-state index contributed by atoms with van der Waals surface area (Å²) in [5.74, 6) is -0.151. The standard InChI is InChI=1S/C16H20N2O3/c19-15-11-18(14-7-2-1-6-13(14)17-15)16(20)9-8-12-5-3-4-10-21-12/h1-2,6-7,12H,3-5,8-11H2,(H,17,19). The van der Waals surface area contributed by atoms with E-state index in [9.17, 15) is 9.59 Å². The number of rotatable bonds is 3. The van der Waals surface area contributed by atoms with Crippen molar-refractivity contribution >= 4 is 23.2 Å². The predicted molar refractivity (Wildman–Crippen MR) is 80.2 cm³/mol. The van der Waals surface area contributed by atoms with Crippen LogP contribution in [-0.4, -0.2) is 31.1 Å². The van der Waals surface area contributed by atoms with Crippen molar-refractivity contribution < 1.29 is 14.3 Å². The first-order valence-corrected chi connectivity index (χ1v) is 7.55. The summed E-state index contributed by atoms with van der Waals surface area (Å²) in [5.41, 5.74) is 1.49. The van der Waals surface area contributed by atoms with Crippen molar-refractivity contribution in [3.63, 3.8) is 0 Å². The fourth-order valence-electron chi connectivity index (χ4n) is 2.91. The molecule has 2 aliphatic heterocycles. The Bertz CT molecular complexity index is 538. The Balaban J connectivity index is 1.65. The maximum absolute atomic E-state index is 12.4. The van der Waals surface area contributed by atoms with Crippen molar-refractivity contribution in [2.24, 2.45) is 0 Å². The first-order chi connectivity index (χ1) is 10.2. The minimum absolute atomic E-state index is 0.00789. The Kier molecular flexibility index (Phi) is 4.20. The Morgan fingerprint density at radius 1 is 1.33 bits per heavy atom. The molecule has 0 aromatic heterocycles. The number of anilines is 2. The molecule has 1 unspecified atom stereocenters. The third-order valence-corrected chi connectivity index (χ3v) is 4.03.